The number of para-hydroxylation sites is 1. The fraction of sp³-hybridized carbons (Fsp3) is 0.571. The lowest BCUT2D eigenvalue weighted by Crippen LogP contribution is -2.48. The molecule has 0 amide bonds. The molecule has 7 heteroatoms. The van der Waals surface area contributed by atoms with Crippen LogP contribution < -0.4 is 5.32 Å². The fourth-order valence-corrected chi connectivity index (χ4v) is 3.30. The predicted octanol–water partition coefficient (Wildman–Crippen LogP) is 2.52. The van der Waals surface area contributed by atoms with Crippen LogP contribution in [-0.2, 0) is 4.74 Å². The van der Waals surface area contributed by atoms with E-state index < -0.39 is 4.92 Å². The average Bonchev–Trinajstić information content (AvgIpc) is 2.93. The van der Waals surface area contributed by atoms with Gasteiger partial charge in [-0.05, 0) is 25.5 Å². The minimum absolute atomic E-state index is 0.00245. The van der Waals surface area contributed by atoms with Crippen LogP contribution in [0.2, 0.25) is 5.02 Å². The van der Waals surface area contributed by atoms with Crippen LogP contribution in [0.3, 0.4) is 0 Å². The molecule has 2 heterocycles. The summed E-state index contributed by atoms with van der Waals surface area (Å²) >= 11 is 6.06. The summed E-state index contributed by atoms with van der Waals surface area (Å²) in [5.74, 6) is 0. The second-order valence-corrected chi connectivity index (χ2v) is 5.93. The number of hydrogen-bond acceptors (Lipinski definition) is 5. The number of rotatable bonds is 4. The van der Waals surface area contributed by atoms with Crippen molar-refractivity contribution >= 4 is 23.0 Å². The van der Waals surface area contributed by atoms with Gasteiger partial charge in [-0.25, -0.2) is 0 Å². The molecule has 6 nitrogen and oxygen atoms in total. The van der Waals surface area contributed by atoms with Gasteiger partial charge in [0.15, 0.2) is 0 Å². The van der Waals surface area contributed by atoms with E-state index >= 15 is 0 Å². The molecule has 1 N–H and O–H groups in total. The Bertz CT molecular complexity index is 540. The summed E-state index contributed by atoms with van der Waals surface area (Å²) in [6.07, 6.45) is 2.47. The molecule has 0 saturated carbocycles. The molecule has 2 saturated heterocycles. The lowest BCUT2D eigenvalue weighted by atomic mass is 10.2. The summed E-state index contributed by atoms with van der Waals surface area (Å²) in [5.41, 5.74) is 0.369. The molecular weight excluding hydrogens is 294 g/mol. The van der Waals surface area contributed by atoms with Gasteiger partial charge in [-0.3, -0.25) is 15.0 Å². The van der Waals surface area contributed by atoms with Crippen molar-refractivity contribution in [3.05, 3.63) is 33.3 Å². The van der Waals surface area contributed by atoms with E-state index in [4.69, 9.17) is 16.3 Å². The zero-order valence-corrected chi connectivity index (χ0v) is 12.4. The molecule has 0 aliphatic carbocycles. The highest BCUT2D eigenvalue weighted by atomic mass is 35.5. The van der Waals surface area contributed by atoms with Gasteiger partial charge in [-0.1, -0.05) is 17.7 Å². The van der Waals surface area contributed by atoms with Gasteiger partial charge >= 0.3 is 0 Å². The topological polar surface area (TPSA) is 67.6 Å². The molecule has 2 fully saturated rings. The average molecular weight is 312 g/mol. The van der Waals surface area contributed by atoms with E-state index in [2.05, 4.69) is 10.2 Å². The molecule has 114 valence electrons. The first-order valence-electron chi connectivity index (χ1n) is 7.17. The SMILES string of the molecule is O=[N+]([O-])c1cccc(Cl)c1NCC1CN2CCCC2CO1. The number of nitro benzene ring substituents is 1. The van der Waals surface area contributed by atoms with Crippen LogP contribution in [0.5, 0.6) is 0 Å². The van der Waals surface area contributed by atoms with E-state index in [1.165, 1.54) is 18.9 Å². The molecule has 2 aliphatic heterocycles. The van der Waals surface area contributed by atoms with Gasteiger partial charge in [-0.15, -0.1) is 0 Å². The molecular formula is C14H18ClN3O3. The molecule has 1 aromatic rings. The highest BCUT2D eigenvalue weighted by Gasteiger charge is 2.32. The van der Waals surface area contributed by atoms with Gasteiger partial charge in [-0.2, -0.15) is 0 Å². The monoisotopic (exact) mass is 311 g/mol. The van der Waals surface area contributed by atoms with Gasteiger partial charge in [0.05, 0.1) is 22.7 Å². The Morgan fingerprint density at radius 1 is 1.52 bits per heavy atom. The molecule has 2 aliphatic rings. The number of halogens is 1. The number of hydrogen-bond donors (Lipinski definition) is 1. The van der Waals surface area contributed by atoms with Gasteiger partial charge < -0.3 is 10.1 Å². The van der Waals surface area contributed by atoms with E-state index in [-0.39, 0.29) is 11.8 Å². The standard InChI is InChI=1S/C14H18ClN3O3/c15-12-4-1-5-13(18(19)20)14(12)16-7-11-8-17-6-2-3-10(17)9-21-11/h1,4-5,10-11,16H,2-3,6-9H2. The molecule has 0 bridgehead atoms. The van der Waals surface area contributed by atoms with Gasteiger partial charge in [0, 0.05) is 25.2 Å². The second-order valence-electron chi connectivity index (χ2n) is 5.52. The normalized spacial score (nSPS) is 25.6. The zero-order valence-electron chi connectivity index (χ0n) is 11.6. The summed E-state index contributed by atoms with van der Waals surface area (Å²) in [4.78, 5) is 13.1. The van der Waals surface area contributed by atoms with Crippen LogP contribution in [0, 0.1) is 10.1 Å². The molecule has 3 rings (SSSR count). The van der Waals surface area contributed by atoms with Crippen molar-refractivity contribution in [1.82, 2.24) is 4.90 Å². The molecule has 0 aromatic heterocycles. The number of nitrogens with one attached hydrogen (secondary N) is 1. The number of anilines is 1. The van der Waals surface area contributed by atoms with E-state index in [0.29, 0.717) is 23.3 Å². The highest BCUT2D eigenvalue weighted by Crippen LogP contribution is 2.32. The van der Waals surface area contributed by atoms with Crippen LogP contribution in [-0.4, -0.2) is 48.2 Å². The third-order valence-corrected chi connectivity index (χ3v) is 4.47. The van der Waals surface area contributed by atoms with Crippen LogP contribution >= 0.6 is 11.6 Å². The fourth-order valence-electron chi connectivity index (χ4n) is 3.06. The second kappa shape index (κ2) is 6.17. The van der Waals surface area contributed by atoms with Crippen molar-refractivity contribution in [3.8, 4) is 0 Å². The van der Waals surface area contributed by atoms with Crippen LogP contribution in [0.15, 0.2) is 18.2 Å². The van der Waals surface area contributed by atoms with Crippen molar-refractivity contribution < 1.29 is 9.66 Å². The number of fused-ring (bicyclic) bond motifs is 1. The number of nitro groups is 1. The summed E-state index contributed by atoms with van der Waals surface area (Å²) in [6, 6.07) is 5.23. The van der Waals surface area contributed by atoms with Crippen LogP contribution in [0.1, 0.15) is 12.8 Å². The van der Waals surface area contributed by atoms with Crippen LogP contribution in [0.25, 0.3) is 0 Å². The van der Waals surface area contributed by atoms with Crippen LogP contribution in [0.4, 0.5) is 11.4 Å². The highest BCUT2D eigenvalue weighted by molar-refractivity contribution is 6.33. The Hall–Kier alpha value is -1.37. The molecule has 2 unspecified atom stereocenters. The Morgan fingerprint density at radius 3 is 3.19 bits per heavy atom. The molecule has 1 aromatic carbocycles. The quantitative estimate of drug-likeness (QED) is 0.683. The third-order valence-electron chi connectivity index (χ3n) is 4.16. The van der Waals surface area contributed by atoms with E-state index in [0.717, 1.165) is 19.7 Å². The van der Waals surface area contributed by atoms with E-state index in [1.807, 2.05) is 0 Å². The summed E-state index contributed by atoms with van der Waals surface area (Å²) in [7, 11) is 0. The lowest BCUT2D eigenvalue weighted by molar-refractivity contribution is -0.383. The van der Waals surface area contributed by atoms with Crippen molar-refractivity contribution in [2.45, 2.75) is 25.0 Å². The summed E-state index contributed by atoms with van der Waals surface area (Å²) < 4.78 is 5.84. The van der Waals surface area contributed by atoms with Crippen molar-refractivity contribution in [1.29, 1.82) is 0 Å². The first-order chi connectivity index (χ1) is 10.1. The van der Waals surface area contributed by atoms with Crippen molar-refractivity contribution in [2.75, 3.05) is 31.6 Å². The van der Waals surface area contributed by atoms with Gasteiger partial charge in [0.1, 0.15) is 5.69 Å². The predicted molar refractivity (Wildman–Crippen MR) is 80.9 cm³/mol. The largest absolute Gasteiger partial charge is 0.376 e. The molecule has 21 heavy (non-hydrogen) atoms. The maximum Gasteiger partial charge on any atom is 0.293 e. The minimum Gasteiger partial charge on any atom is -0.376 e. The Labute approximate surface area is 128 Å². The Kier molecular flexibility index (Phi) is 4.28. The van der Waals surface area contributed by atoms with Crippen molar-refractivity contribution in [3.63, 3.8) is 0 Å². The zero-order chi connectivity index (χ0) is 14.8. The summed E-state index contributed by atoms with van der Waals surface area (Å²) in [5, 5.41) is 14.5. The molecule has 0 spiro atoms. The molecule has 2 atom stereocenters. The number of nitrogens with zero attached hydrogens (tertiary/aromatic N) is 2. The van der Waals surface area contributed by atoms with E-state index in [1.54, 1.807) is 12.1 Å². The van der Waals surface area contributed by atoms with Gasteiger partial charge in [0.25, 0.3) is 5.69 Å². The first-order valence-corrected chi connectivity index (χ1v) is 7.55. The van der Waals surface area contributed by atoms with E-state index in [9.17, 15) is 10.1 Å². The maximum atomic E-state index is 11.0. The minimum atomic E-state index is -0.424. The number of ether oxygens (including phenoxy) is 1. The van der Waals surface area contributed by atoms with Gasteiger partial charge in [0.2, 0.25) is 0 Å². The molecule has 0 radical (unpaired) electrons. The number of morpholine rings is 1. The third kappa shape index (κ3) is 3.12. The smallest absolute Gasteiger partial charge is 0.293 e. The Morgan fingerprint density at radius 2 is 2.38 bits per heavy atom. The first kappa shape index (κ1) is 14.6. The lowest BCUT2D eigenvalue weighted by Gasteiger charge is -2.35. The maximum absolute atomic E-state index is 11.0. The van der Waals surface area contributed by atoms with Crippen molar-refractivity contribution in [2.24, 2.45) is 0 Å². The Balaban J connectivity index is 1.64. The summed E-state index contributed by atoms with van der Waals surface area (Å²) in [6.45, 7) is 3.26. The number of benzene rings is 1.